The number of carbonyl (C=O) groups is 2. The summed E-state index contributed by atoms with van der Waals surface area (Å²) in [6.07, 6.45) is 2.22. The number of hydrogen-bond donors (Lipinski definition) is 1. The first-order chi connectivity index (χ1) is 14.1. The lowest BCUT2D eigenvalue weighted by atomic mass is 10.1. The van der Waals surface area contributed by atoms with E-state index in [0.717, 1.165) is 17.0 Å². The van der Waals surface area contributed by atoms with Gasteiger partial charge in [0.05, 0.1) is 13.0 Å². The number of hydrogen-bond acceptors (Lipinski definition) is 7. The van der Waals surface area contributed by atoms with Crippen LogP contribution in [0.5, 0.6) is 0 Å². The fourth-order valence-corrected chi connectivity index (χ4v) is 3.95. The molecule has 1 saturated heterocycles. The number of rotatable bonds is 5. The third-order valence-corrected chi connectivity index (χ3v) is 5.68. The molecule has 0 saturated carbocycles. The Morgan fingerprint density at radius 2 is 1.77 bits per heavy atom. The van der Waals surface area contributed by atoms with Gasteiger partial charge in [-0.2, -0.15) is 4.98 Å². The summed E-state index contributed by atoms with van der Waals surface area (Å²) in [5.41, 5.74) is 2.37. The summed E-state index contributed by atoms with van der Waals surface area (Å²) < 4.78 is 1.72. The Morgan fingerprint density at radius 3 is 2.37 bits per heavy atom. The molecule has 1 N–H and O–H groups in total. The van der Waals surface area contributed by atoms with Crippen molar-refractivity contribution < 1.29 is 9.59 Å². The maximum Gasteiger partial charge on any atom is 0.253 e. The minimum atomic E-state index is -0.236. The van der Waals surface area contributed by atoms with Gasteiger partial charge in [0, 0.05) is 48.7 Å². The van der Waals surface area contributed by atoms with Crippen LogP contribution in [0.1, 0.15) is 37.7 Å². The van der Waals surface area contributed by atoms with Gasteiger partial charge >= 0.3 is 0 Å². The highest BCUT2D eigenvalue weighted by Crippen LogP contribution is 2.18. The van der Waals surface area contributed by atoms with Gasteiger partial charge in [-0.3, -0.25) is 14.5 Å². The van der Waals surface area contributed by atoms with Gasteiger partial charge in [0.25, 0.3) is 5.78 Å². The predicted octanol–water partition coefficient (Wildman–Crippen LogP) is 1.06. The van der Waals surface area contributed by atoms with Gasteiger partial charge in [0.15, 0.2) is 0 Å². The highest BCUT2D eigenvalue weighted by Gasteiger charge is 2.25. The van der Waals surface area contributed by atoms with Gasteiger partial charge in [0.1, 0.15) is 0 Å². The Bertz CT molecular complexity index is 943. The molecule has 0 bridgehead atoms. The molecule has 0 spiro atoms. The van der Waals surface area contributed by atoms with Crippen molar-refractivity contribution in [3.63, 3.8) is 0 Å². The molecule has 0 aromatic carbocycles. The maximum atomic E-state index is 12.9. The Labute approximate surface area is 181 Å². The lowest BCUT2D eigenvalue weighted by Gasteiger charge is -2.35. The van der Waals surface area contributed by atoms with Crippen LogP contribution in [0, 0.1) is 13.8 Å². The van der Waals surface area contributed by atoms with Crippen LogP contribution in [-0.2, 0) is 16.0 Å². The molecular formula is C20H31N7O2S. The number of nitrogens with zero attached hydrogens (tertiary/aromatic N) is 6. The molecule has 0 radical (unpaired) electrons. The minimum absolute atomic E-state index is 0.0188. The molecule has 164 valence electrons. The van der Waals surface area contributed by atoms with Crippen molar-refractivity contribution in [1.29, 1.82) is 0 Å². The minimum Gasteiger partial charge on any atom is -0.350 e. The summed E-state index contributed by atoms with van der Waals surface area (Å²) in [4.78, 5) is 38.0. The summed E-state index contributed by atoms with van der Waals surface area (Å²) in [6, 6.07) is 0. The highest BCUT2D eigenvalue weighted by atomic mass is 32.2. The van der Waals surface area contributed by atoms with E-state index in [1.54, 1.807) is 4.52 Å². The molecular weight excluding hydrogens is 402 g/mol. The van der Waals surface area contributed by atoms with Crippen molar-refractivity contribution in [3.05, 3.63) is 17.0 Å². The van der Waals surface area contributed by atoms with E-state index in [2.05, 4.69) is 25.3 Å². The molecule has 10 heteroatoms. The van der Waals surface area contributed by atoms with Crippen LogP contribution in [0.25, 0.3) is 5.78 Å². The number of amides is 2. The molecule has 0 aliphatic carbocycles. The zero-order chi connectivity index (χ0) is 22.1. The van der Waals surface area contributed by atoms with Crippen molar-refractivity contribution in [3.8, 4) is 0 Å². The van der Waals surface area contributed by atoms with Crippen LogP contribution in [0.4, 0.5) is 0 Å². The molecule has 3 rings (SSSR count). The number of nitrogens with one attached hydrogen (secondary N) is 1. The van der Waals surface area contributed by atoms with E-state index in [1.807, 2.05) is 45.8 Å². The van der Waals surface area contributed by atoms with E-state index in [-0.39, 0.29) is 17.4 Å². The zero-order valence-electron chi connectivity index (χ0n) is 18.7. The summed E-state index contributed by atoms with van der Waals surface area (Å²) in [5, 5.41) is 8.10. The SMILES string of the molecule is CSc1nc2nc(C)c(CC(=O)N3CCN(CC(=O)NC(C)(C)C)CC3)c(C)n2n1. The number of carbonyl (C=O) groups excluding carboxylic acids is 2. The first kappa shape index (κ1) is 22.5. The monoisotopic (exact) mass is 433 g/mol. The largest absolute Gasteiger partial charge is 0.350 e. The fraction of sp³-hybridized carbons (Fsp3) is 0.650. The Hall–Kier alpha value is -2.20. The second kappa shape index (κ2) is 8.89. The number of aromatic nitrogens is 4. The third kappa shape index (κ3) is 5.28. The highest BCUT2D eigenvalue weighted by molar-refractivity contribution is 7.98. The average Bonchev–Trinajstić information content (AvgIpc) is 3.07. The van der Waals surface area contributed by atoms with Gasteiger partial charge < -0.3 is 10.2 Å². The molecule has 3 heterocycles. The first-order valence-corrected chi connectivity index (χ1v) is 11.4. The van der Waals surface area contributed by atoms with E-state index >= 15 is 0 Å². The van der Waals surface area contributed by atoms with Crippen molar-refractivity contribution >= 4 is 29.4 Å². The van der Waals surface area contributed by atoms with E-state index in [0.29, 0.717) is 50.1 Å². The van der Waals surface area contributed by atoms with Crippen LogP contribution in [0.15, 0.2) is 5.16 Å². The molecule has 2 aromatic heterocycles. The van der Waals surface area contributed by atoms with E-state index in [1.165, 1.54) is 11.8 Å². The molecule has 9 nitrogen and oxygen atoms in total. The lowest BCUT2D eigenvalue weighted by Crippen LogP contribution is -2.53. The van der Waals surface area contributed by atoms with Crippen LogP contribution in [-0.4, -0.2) is 85.7 Å². The molecule has 2 aromatic rings. The molecule has 0 unspecified atom stereocenters. The maximum absolute atomic E-state index is 12.9. The van der Waals surface area contributed by atoms with Crippen LogP contribution >= 0.6 is 11.8 Å². The van der Waals surface area contributed by atoms with Gasteiger partial charge in [0.2, 0.25) is 17.0 Å². The van der Waals surface area contributed by atoms with Gasteiger partial charge in [-0.05, 0) is 40.9 Å². The van der Waals surface area contributed by atoms with Crippen LogP contribution in [0.2, 0.25) is 0 Å². The predicted molar refractivity (Wildman–Crippen MR) is 117 cm³/mol. The smallest absolute Gasteiger partial charge is 0.253 e. The zero-order valence-corrected chi connectivity index (χ0v) is 19.5. The van der Waals surface area contributed by atoms with Crippen molar-refractivity contribution in [2.45, 2.75) is 51.7 Å². The van der Waals surface area contributed by atoms with E-state index in [4.69, 9.17) is 0 Å². The normalized spacial score (nSPS) is 15.6. The lowest BCUT2D eigenvalue weighted by molar-refractivity contribution is -0.132. The van der Waals surface area contributed by atoms with Crippen molar-refractivity contribution in [2.75, 3.05) is 39.0 Å². The van der Waals surface area contributed by atoms with Crippen molar-refractivity contribution in [2.24, 2.45) is 0 Å². The quantitative estimate of drug-likeness (QED) is 0.705. The van der Waals surface area contributed by atoms with Gasteiger partial charge in [-0.15, -0.1) is 5.10 Å². The first-order valence-electron chi connectivity index (χ1n) is 10.2. The van der Waals surface area contributed by atoms with E-state index < -0.39 is 0 Å². The molecule has 0 atom stereocenters. The fourth-order valence-electron chi connectivity index (χ4n) is 3.61. The number of piperazine rings is 1. The van der Waals surface area contributed by atoms with Gasteiger partial charge in [-0.1, -0.05) is 11.8 Å². The Kier molecular flexibility index (Phi) is 6.66. The molecule has 1 aliphatic heterocycles. The molecule has 30 heavy (non-hydrogen) atoms. The van der Waals surface area contributed by atoms with E-state index in [9.17, 15) is 9.59 Å². The number of fused-ring (bicyclic) bond motifs is 1. The Morgan fingerprint density at radius 1 is 1.10 bits per heavy atom. The molecule has 1 fully saturated rings. The van der Waals surface area contributed by atoms with Crippen LogP contribution in [0.3, 0.4) is 0 Å². The number of thioether (sulfide) groups is 1. The standard InChI is InChI=1S/C20H31N7O2S/c1-13-15(14(2)27-18(21-13)22-19(24-27)30-6)11-17(29)26-9-7-25(8-10-26)12-16(28)23-20(3,4)5/h7-12H2,1-6H3,(H,23,28). The average molecular weight is 434 g/mol. The van der Waals surface area contributed by atoms with Gasteiger partial charge in [-0.25, -0.2) is 9.50 Å². The molecule has 2 amide bonds. The summed E-state index contributed by atoms with van der Waals surface area (Å²) >= 11 is 1.47. The second-order valence-electron chi connectivity index (χ2n) is 8.70. The topological polar surface area (TPSA) is 95.7 Å². The van der Waals surface area contributed by atoms with Crippen molar-refractivity contribution in [1.82, 2.24) is 34.7 Å². The second-order valence-corrected chi connectivity index (χ2v) is 9.48. The molecule has 1 aliphatic rings. The summed E-state index contributed by atoms with van der Waals surface area (Å²) in [6.45, 7) is 12.8. The third-order valence-electron chi connectivity index (χ3n) is 5.15. The summed E-state index contributed by atoms with van der Waals surface area (Å²) in [5.74, 6) is 0.657. The van der Waals surface area contributed by atoms with Crippen LogP contribution < -0.4 is 5.32 Å². The Balaban J connectivity index is 1.60. The number of aryl methyl sites for hydroxylation is 2. The summed E-state index contributed by atoms with van der Waals surface area (Å²) in [7, 11) is 0.